The number of carbonyl (C=O) groups excluding carboxylic acids is 1. The first-order valence-electron chi connectivity index (χ1n) is 10.6. The zero-order valence-corrected chi connectivity index (χ0v) is 18.4. The van der Waals surface area contributed by atoms with E-state index in [-0.39, 0.29) is 37.6 Å². The summed E-state index contributed by atoms with van der Waals surface area (Å²) in [4.78, 5) is 17.4. The van der Waals surface area contributed by atoms with Crippen molar-refractivity contribution >= 4 is 11.8 Å². The maximum atomic E-state index is 13.2. The molecule has 1 atom stereocenters. The lowest BCUT2D eigenvalue weighted by atomic mass is 9.97. The van der Waals surface area contributed by atoms with Crippen molar-refractivity contribution in [2.45, 2.75) is 31.1 Å². The second-order valence-electron chi connectivity index (χ2n) is 7.64. The quantitative estimate of drug-likeness (QED) is 0.262. The number of hydrazine groups is 1. The van der Waals surface area contributed by atoms with E-state index in [2.05, 4.69) is 22.4 Å². The molecule has 0 aromatic heterocycles. The molecule has 3 N–H and O–H groups in total. The number of hydrogen-bond donors (Lipinski definition) is 3. The summed E-state index contributed by atoms with van der Waals surface area (Å²) < 4.78 is 50.7. The van der Waals surface area contributed by atoms with Crippen LogP contribution in [0, 0.1) is 0 Å². The molecule has 1 amide bonds. The number of aliphatic imine (C=N–C) groups is 1. The Hall–Kier alpha value is -3.37. The lowest BCUT2D eigenvalue weighted by Crippen LogP contribution is -2.51. The van der Waals surface area contributed by atoms with Crippen molar-refractivity contribution in [3.63, 3.8) is 0 Å². The molecule has 10 heteroatoms. The number of nitrogens with one attached hydrogen (secondary N) is 2. The number of aliphatic hydroxyl groups is 1. The number of nitrogens with zero attached hydrogens (tertiary/aromatic N) is 1. The Balaban J connectivity index is 1.67. The highest BCUT2D eigenvalue weighted by molar-refractivity contribution is 6.00. The molecule has 0 fully saturated rings. The van der Waals surface area contributed by atoms with Crippen molar-refractivity contribution in [2.75, 3.05) is 19.8 Å². The van der Waals surface area contributed by atoms with Crippen LogP contribution in [0.4, 0.5) is 13.2 Å². The standard InChI is InChI=1S/C24H26F3N3O4/c1-2-12-23(22(32)30-28-15-18-6-3-4-7-20(18)24(25,26)27)16-34-21(29-23)17-8-10-19(11-9-17)33-14-5-13-31/h2-4,6-11,28,31H,1,5,12-16H2,(H,30,32)/t23-/m0/s1. The fourth-order valence-electron chi connectivity index (χ4n) is 3.38. The van der Waals surface area contributed by atoms with Gasteiger partial charge in [0.1, 0.15) is 12.4 Å². The molecule has 7 nitrogen and oxygen atoms in total. The average Bonchev–Trinajstić information content (AvgIpc) is 3.25. The van der Waals surface area contributed by atoms with Crippen molar-refractivity contribution in [1.29, 1.82) is 0 Å². The largest absolute Gasteiger partial charge is 0.494 e. The maximum Gasteiger partial charge on any atom is 0.416 e. The molecule has 1 aliphatic heterocycles. The minimum absolute atomic E-state index is 0.00114. The Bertz CT molecular complexity index is 1020. The third-order valence-corrected chi connectivity index (χ3v) is 5.14. The van der Waals surface area contributed by atoms with Crippen LogP contribution in [0.15, 0.2) is 66.2 Å². The maximum absolute atomic E-state index is 13.2. The summed E-state index contributed by atoms with van der Waals surface area (Å²) in [7, 11) is 0. The van der Waals surface area contributed by atoms with Gasteiger partial charge in [0.25, 0.3) is 5.91 Å². The Morgan fingerprint density at radius 2 is 1.97 bits per heavy atom. The number of amides is 1. The molecule has 34 heavy (non-hydrogen) atoms. The van der Waals surface area contributed by atoms with E-state index < -0.39 is 23.2 Å². The van der Waals surface area contributed by atoms with Gasteiger partial charge in [0.2, 0.25) is 5.90 Å². The lowest BCUT2D eigenvalue weighted by Gasteiger charge is -2.22. The molecular weight excluding hydrogens is 451 g/mol. The first-order chi connectivity index (χ1) is 16.3. The van der Waals surface area contributed by atoms with Gasteiger partial charge in [-0.05, 0) is 35.9 Å². The Kier molecular flexibility index (Phi) is 8.30. The fraction of sp³-hybridized carbons (Fsp3) is 0.333. The molecule has 0 bridgehead atoms. The first-order valence-corrected chi connectivity index (χ1v) is 10.6. The molecule has 2 aromatic rings. The lowest BCUT2D eigenvalue weighted by molar-refractivity contribution is -0.138. The summed E-state index contributed by atoms with van der Waals surface area (Å²) in [5, 5.41) is 8.82. The van der Waals surface area contributed by atoms with E-state index in [1.807, 2.05) is 0 Å². The van der Waals surface area contributed by atoms with Crippen LogP contribution in [-0.4, -0.2) is 42.3 Å². The summed E-state index contributed by atoms with van der Waals surface area (Å²) in [5.41, 5.74) is 3.59. The van der Waals surface area contributed by atoms with Gasteiger partial charge in [-0.2, -0.15) is 13.2 Å². The predicted octanol–water partition coefficient (Wildman–Crippen LogP) is 3.38. The fourth-order valence-corrected chi connectivity index (χ4v) is 3.38. The number of rotatable bonds is 11. The van der Waals surface area contributed by atoms with Gasteiger partial charge in [0.15, 0.2) is 5.54 Å². The van der Waals surface area contributed by atoms with Gasteiger partial charge in [0.05, 0.1) is 12.2 Å². The summed E-state index contributed by atoms with van der Waals surface area (Å²) in [6.45, 7) is 3.84. The van der Waals surface area contributed by atoms with Crippen molar-refractivity contribution in [1.82, 2.24) is 10.9 Å². The third-order valence-electron chi connectivity index (χ3n) is 5.14. The summed E-state index contributed by atoms with van der Waals surface area (Å²) in [6.07, 6.45) is -2.27. The van der Waals surface area contributed by atoms with Gasteiger partial charge >= 0.3 is 6.18 Å². The molecular formula is C24H26F3N3O4. The van der Waals surface area contributed by atoms with Crippen LogP contribution in [-0.2, 0) is 22.3 Å². The van der Waals surface area contributed by atoms with E-state index in [1.54, 1.807) is 24.3 Å². The van der Waals surface area contributed by atoms with Gasteiger partial charge in [0, 0.05) is 31.6 Å². The SMILES string of the molecule is C=CC[C@@]1(C(=O)NNCc2ccccc2C(F)(F)F)COC(c2ccc(OCCCO)cc2)=N1. The van der Waals surface area contributed by atoms with E-state index in [9.17, 15) is 18.0 Å². The average molecular weight is 477 g/mol. The number of hydrogen-bond acceptors (Lipinski definition) is 6. The minimum Gasteiger partial charge on any atom is -0.494 e. The molecule has 2 aromatic carbocycles. The molecule has 0 radical (unpaired) electrons. The van der Waals surface area contributed by atoms with E-state index in [1.165, 1.54) is 24.3 Å². The van der Waals surface area contributed by atoms with Crippen molar-refractivity contribution in [2.24, 2.45) is 4.99 Å². The van der Waals surface area contributed by atoms with Crippen LogP contribution in [0.5, 0.6) is 5.75 Å². The molecule has 0 aliphatic carbocycles. The first kappa shape index (κ1) is 25.3. The van der Waals surface area contributed by atoms with Crippen molar-refractivity contribution in [3.8, 4) is 5.75 Å². The van der Waals surface area contributed by atoms with E-state index in [0.29, 0.717) is 24.3 Å². The number of halogens is 3. The smallest absolute Gasteiger partial charge is 0.416 e. The van der Waals surface area contributed by atoms with Gasteiger partial charge in [-0.3, -0.25) is 10.2 Å². The molecule has 1 heterocycles. The number of aliphatic hydroxyl groups excluding tert-OH is 1. The topological polar surface area (TPSA) is 92.2 Å². The second-order valence-corrected chi connectivity index (χ2v) is 7.64. The van der Waals surface area contributed by atoms with Crippen LogP contribution in [0.3, 0.4) is 0 Å². The van der Waals surface area contributed by atoms with Gasteiger partial charge in [-0.15, -0.1) is 6.58 Å². The van der Waals surface area contributed by atoms with Gasteiger partial charge < -0.3 is 14.6 Å². The Morgan fingerprint density at radius 1 is 1.24 bits per heavy atom. The van der Waals surface area contributed by atoms with Crippen LogP contribution in [0.25, 0.3) is 0 Å². The predicted molar refractivity (Wildman–Crippen MR) is 120 cm³/mol. The molecule has 0 saturated carbocycles. The zero-order valence-electron chi connectivity index (χ0n) is 18.4. The minimum atomic E-state index is -4.50. The number of carbonyl (C=O) groups is 1. The van der Waals surface area contributed by atoms with Gasteiger partial charge in [-0.1, -0.05) is 24.3 Å². The molecule has 0 spiro atoms. The van der Waals surface area contributed by atoms with E-state index in [4.69, 9.17) is 14.6 Å². The molecule has 1 aliphatic rings. The van der Waals surface area contributed by atoms with E-state index >= 15 is 0 Å². The number of alkyl halides is 3. The van der Waals surface area contributed by atoms with Crippen molar-refractivity contribution < 1.29 is 32.5 Å². The third kappa shape index (κ3) is 6.15. The summed E-state index contributed by atoms with van der Waals surface area (Å²) in [6, 6.07) is 12.1. The van der Waals surface area contributed by atoms with Crippen LogP contribution < -0.4 is 15.6 Å². The van der Waals surface area contributed by atoms with Gasteiger partial charge in [-0.25, -0.2) is 10.4 Å². The van der Waals surface area contributed by atoms with Crippen LogP contribution in [0.1, 0.15) is 29.5 Å². The second kappa shape index (κ2) is 11.2. The van der Waals surface area contributed by atoms with Crippen LogP contribution >= 0.6 is 0 Å². The highest BCUT2D eigenvalue weighted by Gasteiger charge is 2.43. The number of ether oxygens (including phenoxy) is 2. The number of benzene rings is 2. The molecule has 3 rings (SSSR count). The highest BCUT2D eigenvalue weighted by Crippen LogP contribution is 2.32. The molecule has 182 valence electrons. The molecule has 0 unspecified atom stereocenters. The Morgan fingerprint density at radius 3 is 2.65 bits per heavy atom. The Labute approximate surface area is 195 Å². The normalized spacial score (nSPS) is 17.6. The highest BCUT2D eigenvalue weighted by atomic mass is 19.4. The summed E-state index contributed by atoms with van der Waals surface area (Å²) >= 11 is 0. The van der Waals surface area contributed by atoms with Crippen LogP contribution in [0.2, 0.25) is 0 Å². The summed E-state index contributed by atoms with van der Waals surface area (Å²) in [5.74, 6) is 0.339. The zero-order chi connectivity index (χ0) is 24.6. The monoisotopic (exact) mass is 477 g/mol. The van der Waals surface area contributed by atoms with E-state index in [0.717, 1.165) is 6.07 Å². The molecule has 0 saturated heterocycles. The van der Waals surface area contributed by atoms with Crippen molar-refractivity contribution in [3.05, 3.63) is 77.9 Å².